The Balaban J connectivity index is 1.23. The molecule has 1 atom stereocenters. The molecule has 158 valence electrons. The lowest BCUT2D eigenvalue weighted by atomic mass is 9.54. The number of hydrogen-bond donors (Lipinski definition) is 1. The molecule has 5 heteroatoms. The zero-order chi connectivity index (χ0) is 19.7. The molecule has 0 radical (unpaired) electrons. The smallest absolute Gasteiger partial charge is 0.407 e. The van der Waals surface area contributed by atoms with E-state index in [9.17, 15) is 4.79 Å². The van der Waals surface area contributed by atoms with Crippen LogP contribution in [0.25, 0.3) is 0 Å². The van der Waals surface area contributed by atoms with Gasteiger partial charge in [0, 0.05) is 25.7 Å². The van der Waals surface area contributed by atoms with Gasteiger partial charge in [-0.25, -0.2) is 4.79 Å². The summed E-state index contributed by atoms with van der Waals surface area (Å²) in [6.07, 6.45) is 7.95. The molecule has 1 aromatic carbocycles. The predicted molar refractivity (Wildman–Crippen MR) is 112 cm³/mol. The van der Waals surface area contributed by atoms with Crippen LogP contribution in [0.1, 0.15) is 44.1 Å². The van der Waals surface area contributed by atoms with Crippen molar-refractivity contribution in [2.75, 3.05) is 32.8 Å². The number of nitrogens with one attached hydrogen (secondary N) is 1. The first-order chi connectivity index (χ1) is 14.2. The SMILES string of the molecule is O=C(N[C@@H](Cc1ccccc1)CN1CCOCC1)OC12CC3CC(CC(C3)C1)C2. The maximum absolute atomic E-state index is 13.0. The minimum absolute atomic E-state index is 0.0527. The van der Waals surface area contributed by atoms with Crippen LogP contribution in [0, 0.1) is 17.8 Å². The maximum Gasteiger partial charge on any atom is 0.407 e. The fourth-order valence-electron chi connectivity index (χ4n) is 6.70. The van der Waals surface area contributed by atoms with E-state index in [1.165, 1.54) is 24.8 Å². The van der Waals surface area contributed by atoms with Crippen molar-refractivity contribution in [3.8, 4) is 0 Å². The van der Waals surface area contributed by atoms with Crippen LogP contribution in [0.3, 0.4) is 0 Å². The van der Waals surface area contributed by atoms with E-state index in [1.807, 2.05) is 6.07 Å². The van der Waals surface area contributed by atoms with Crippen molar-refractivity contribution >= 4 is 6.09 Å². The maximum atomic E-state index is 13.0. The summed E-state index contributed by atoms with van der Waals surface area (Å²) >= 11 is 0. The van der Waals surface area contributed by atoms with Crippen molar-refractivity contribution < 1.29 is 14.3 Å². The molecule has 1 aromatic rings. The largest absolute Gasteiger partial charge is 0.443 e. The quantitative estimate of drug-likeness (QED) is 0.795. The van der Waals surface area contributed by atoms with E-state index in [0.29, 0.717) is 0 Å². The summed E-state index contributed by atoms with van der Waals surface area (Å²) in [6, 6.07) is 10.5. The average molecular weight is 399 g/mol. The van der Waals surface area contributed by atoms with Crippen LogP contribution in [0.5, 0.6) is 0 Å². The fourth-order valence-corrected chi connectivity index (χ4v) is 6.70. The van der Waals surface area contributed by atoms with Gasteiger partial charge >= 0.3 is 6.09 Å². The van der Waals surface area contributed by atoms with Gasteiger partial charge in [-0.2, -0.15) is 0 Å². The van der Waals surface area contributed by atoms with Crippen molar-refractivity contribution in [1.29, 1.82) is 0 Å². The van der Waals surface area contributed by atoms with Gasteiger partial charge in [-0.05, 0) is 68.3 Å². The molecule has 4 aliphatic carbocycles. The predicted octanol–water partition coefficient (Wildman–Crippen LogP) is 3.62. The second-order valence-electron chi connectivity index (χ2n) is 9.93. The second kappa shape index (κ2) is 8.27. The van der Waals surface area contributed by atoms with Gasteiger partial charge in [-0.15, -0.1) is 0 Å². The van der Waals surface area contributed by atoms with Crippen LogP contribution in [-0.4, -0.2) is 55.5 Å². The number of amides is 1. The van der Waals surface area contributed by atoms with E-state index >= 15 is 0 Å². The minimum Gasteiger partial charge on any atom is -0.443 e. The number of carbonyl (C=O) groups is 1. The van der Waals surface area contributed by atoms with Crippen LogP contribution in [0.15, 0.2) is 30.3 Å². The highest BCUT2D eigenvalue weighted by molar-refractivity contribution is 5.68. The topological polar surface area (TPSA) is 50.8 Å². The van der Waals surface area contributed by atoms with Crippen molar-refractivity contribution in [3.63, 3.8) is 0 Å². The molecule has 0 unspecified atom stereocenters. The van der Waals surface area contributed by atoms with Gasteiger partial charge in [-0.1, -0.05) is 30.3 Å². The number of hydrogen-bond acceptors (Lipinski definition) is 4. The third-order valence-corrected chi connectivity index (χ3v) is 7.52. The standard InChI is InChI=1S/C24H34N2O3/c27-23(29-24-14-19-10-20(15-24)12-21(11-19)16-24)25-22(13-18-4-2-1-3-5-18)17-26-6-8-28-9-7-26/h1-5,19-22H,6-17H2,(H,25,27)/t19?,20?,21?,22-,24?/m0/s1. The highest BCUT2D eigenvalue weighted by Crippen LogP contribution is 2.57. The third kappa shape index (κ3) is 4.61. The Bertz CT molecular complexity index is 666. The van der Waals surface area contributed by atoms with Gasteiger partial charge in [0.2, 0.25) is 0 Å². The first kappa shape index (κ1) is 19.4. The molecule has 6 rings (SSSR count). The highest BCUT2D eigenvalue weighted by atomic mass is 16.6. The first-order valence-electron chi connectivity index (χ1n) is 11.5. The van der Waals surface area contributed by atoms with Gasteiger partial charge in [-0.3, -0.25) is 4.90 Å². The van der Waals surface area contributed by atoms with Crippen LogP contribution >= 0.6 is 0 Å². The van der Waals surface area contributed by atoms with Crippen LogP contribution < -0.4 is 5.32 Å². The Morgan fingerprint density at radius 1 is 1.07 bits per heavy atom. The van der Waals surface area contributed by atoms with Gasteiger partial charge in [0.15, 0.2) is 0 Å². The normalized spacial score (nSPS) is 34.7. The molecule has 5 nitrogen and oxygen atoms in total. The number of rotatable bonds is 6. The first-order valence-corrected chi connectivity index (χ1v) is 11.5. The summed E-state index contributed by atoms with van der Waals surface area (Å²) in [5, 5.41) is 3.24. The number of carbonyl (C=O) groups excluding carboxylic acids is 1. The molecule has 0 spiro atoms. The van der Waals surface area contributed by atoms with Crippen molar-refractivity contribution in [2.24, 2.45) is 17.8 Å². The minimum atomic E-state index is -0.207. The Labute approximate surface area is 174 Å². The van der Waals surface area contributed by atoms with E-state index in [4.69, 9.17) is 9.47 Å². The molecule has 4 bridgehead atoms. The molecule has 4 saturated carbocycles. The molecule has 1 saturated heterocycles. The molecular weight excluding hydrogens is 364 g/mol. The second-order valence-corrected chi connectivity index (χ2v) is 9.93. The van der Waals surface area contributed by atoms with Gasteiger partial charge < -0.3 is 14.8 Å². The number of morpholine rings is 1. The van der Waals surface area contributed by atoms with Crippen molar-refractivity contribution in [2.45, 2.75) is 56.6 Å². The van der Waals surface area contributed by atoms with Crippen molar-refractivity contribution in [3.05, 3.63) is 35.9 Å². The molecule has 29 heavy (non-hydrogen) atoms. The Morgan fingerprint density at radius 2 is 1.69 bits per heavy atom. The van der Waals surface area contributed by atoms with Gasteiger partial charge in [0.05, 0.1) is 13.2 Å². The summed E-state index contributed by atoms with van der Waals surface area (Å²) in [6.45, 7) is 4.24. The van der Waals surface area contributed by atoms with Crippen molar-refractivity contribution in [1.82, 2.24) is 10.2 Å². The van der Waals surface area contributed by atoms with Crippen LogP contribution in [-0.2, 0) is 15.9 Å². The molecule has 0 aromatic heterocycles. The van der Waals surface area contributed by atoms with Crippen LogP contribution in [0.2, 0.25) is 0 Å². The Hall–Kier alpha value is -1.59. The number of ether oxygens (including phenoxy) is 2. The van der Waals surface area contributed by atoms with E-state index < -0.39 is 0 Å². The molecule has 5 aliphatic rings. The lowest BCUT2D eigenvalue weighted by Crippen LogP contribution is -2.55. The monoisotopic (exact) mass is 398 g/mol. The van der Waals surface area contributed by atoms with Gasteiger partial charge in [0.25, 0.3) is 0 Å². The molecular formula is C24H34N2O3. The summed E-state index contributed by atoms with van der Waals surface area (Å²) in [5.74, 6) is 2.34. The zero-order valence-electron chi connectivity index (χ0n) is 17.4. The number of nitrogens with zero attached hydrogens (tertiary/aromatic N) is 1. The van der Waals surface area contributed by atoms with Crippen LogP contribution in [0.4, 0.5) is 4.79 Å². The Morgan fingerprint density at radius 3 is 2.31 bits per heavy atom. The summed E-state index contributed by atoms with van der Waals surface area (Å²) < 4.78 is 11.7. The molecule has 5 fully saturated rings. The Kier molecular flexibility index (Phi) is 5.53. The molecule has 1 heterocycles. The fraction of sp³-hybridized carbons (Fsp3) is 0.708. The third-order valence-electron chi connectivity index (χ3n) is 7.52. The summed E-state index contributed by atoms with van der Waals surface area (Å²) in [7, 11) is 0. The lowest BCUT2D eigenvalue weighted by molar-refractivity contribution is -0.127. The van der Waals surface area contributed by atoms with E-state index in [1.54, 1.807) is 0 Å². The van der Waals surface area contributed by atoms with E-state index in [2.05, 4.69) is 34.5 Å². The molecule has 1 aliphatic heterocycles. The summed E-state index contributed by atoms with van der Waals surface area (Å²) in [5.41, 5.74) is 1.07. The van der Waals surface area contributed by atoms with E-state index in [0.717, 1.165) is 76.3 Å². The molecule has 1 N–H and O–H groups in total. The van der Waals surface area contributed by atoms with E-state index in [-0.39, 0.29) is 17.7 Å². The lowest BCUT2D eigenvalue weighted by Gasteiger charge is -2.55. The number of alkyl carbamates (subject to hydrolysis) is 1. The van der Waals surface area contributed by atoms with Gasteiger partial charge in [0.1, 0.15) is 5.60 Å². The average Bonchev–Trinajstić information content (AvgIpc) is 2.68. The highest BCUT2D eigenvalue weighted by Gasteiger charge is 2.53. The number of benzene rings is 1. The zero-order valence-corrected chi connectivity index (χ0v) is 17.4. The molecule has 1 amide bonds. The summed E-state index contributed by atoms with van der Waals surface area (Å²) in [4.78, 5) is 15.4.